The van der Waals surface area contributed by atoms with Gasteiger partial charge in [-0.25, -0.2) is 9.07 Å². The van der Waals surface area contributed by atoms with Gasteiger partial charge >= 0.3 is 0 Å². The van der Waals surface area contributed by atoms with Crippen LogP contribution >= 0.6 is 0 Å². The summed E-state index contributed by atoms with van der Waals surface area (Å²) in [4.78, 5) is 4.27. The van der Waals surface area contributed by atoms with Crippen molar-refractivity contribution in [1.82, 2.24) is 14.8 Å². The van der Waals surface area contributed by atoms with Crippen molar-refractivity contribution in [3.63, 3.8) is 0 Å². The molecule has 0 aliphatic carbocycles. The fourth-order valence-corrected chi connectivity index (χ4v) is 2.38. The van der Waals surface area contributed by atoms with E-state index in [0.29, 0.717) is 5.95 Å². The molecule has 5 heteroatoms. The number of halogens is 1. The van der Waals surface area contributed by atoms with Crippen LogP contribution in [0.15, 0.2) is 24.3 Å². The van der Waals surface area contributed by atoms with Crippen molar-refractivity contribution in [1.29, 1.82) is 0 Å². The number of nitrogen functional groups attached to an aromatic ring is 1. The number of aryl methyl sites for hydroxylation is 1. The van der Waals surface area contributed by atoms with Gasteiger partial charge in [0.2, 0.25) is 5.95 Å². The highest BCUT2D eigenvalue weighted by Crippen LogP contribution is 2.32. The Morgan fingerprint density at radius 1 is 1.29 bits per heavy atom. The zero-order valence-corrected chi connectivity index (χ0v) is 9.31. The van der Waals surface area contributed by atoms with Crippen LogP contribution in [0.3, 0.4) is 0 Å². The van der Waals surface area contributed by atoms with Crippen molar-refractivity contribution in [2.24, 2.45) is 0 Å². The molecule has 0 fully saturated rings. The van der Waals surface area contributed by atoms with Gasteiger partial charge < -0.3 is 5.73 Å². The molecule has 0 saturated heterocycles. The molecule has 0 spiro atoms. The molecular formula is C12H13FN4. The van der Waals surface area contributed by atoms with Gasteiger partial charge in [0.1, 0.15) is 11.6 Å². The second-order valence-corrected chi connectivity index (χ2v) is 4.30. The van der Waals surface area contributed by atoms with Crippen molar-refractivity contribution in [3.8, 4) is 0 Å². The molecule has 4 nitrogen and oxygen atoms in total. The maximum atomic E-state index is 12.9. The highest BCUT2D eigenvalue weighted by molar-refractivity contribution is 5.29. The lowest BCUT2D eigenvalue weighted by Crippen LogP contribution is -2.17. The summed E-state index contributed by atoms with van der Waals surface area (Å²) in [5.41, 5.74) is 6.69. The summed E-state index contributed by atoms with van der Waals surface area (Å²) in [5.74, 6) is 1.16. The molecule has 0 radical (unpaired) electrons. The number of hydrogen-bond donors (Lipinski definition) is 1. The predicted molar refractivity (Wildman–Crippen MR) is 61.9 cm³/mol. The fraction of sp³-hybridized carbons (Fsp3) is 0.333. The lowest BCUT2D eigenvalue weighted by atomic mass is 9.91. The van der Waals surface area contributed by atoms with Crippen LogP contribution in [-0.2, 0) is 6.54 Å². The molecule has 2 aromatic rings. The third kappa shape index (κ3) is 1.77. The van der Waals surface area contributed by atoms with Gasteiger partial charge in [-0.2, -0.15) is 4.98 Å². The minimum atomic E-state index is -0.217. The maximum absolute atomic E-state index is 12.9. The van der Waals surface area contributed by atoms with Crippen molar-refractivity contribution in [2.45, 2.75) is 25.3 Å². The van der Waals surface area contributed by atoms with E-state index >= 15 is 0 Å². The molecule has 0 saturated carbocycles. The Morgan fingerprint density at radius 2 is 2.06 bits per heavy atom. The average Bonchev–Trinajstić information content (AvgIpc) is 2.70. The highest BCUT2D eigenvalue weighted by atomic mass is 19.1. The number of rotatable bonds is 1. The normalized spacial score (nSPS) is 19.0. The van der Waals surface area contributed by atoms with Gasteiger partial charge in [-0.1, -0.05) is 12.1 Å². The summed E-state index contributed by atoms with van der Waals surface area (Å²) in [5, 5.41) is 4.15. The van der Waals surface area contributed by atoms with Gasteiger partial charge in [0.25, 0.3) is 0 Å². The Balaban J connectivity index is 2.02. The van der Waals surface area contributed by atoms with Crippen LogP contribution in [0.4, 0.5) is 10.3 Å². The van der Waals surface area contributed by atoms with E-state index in [0.717, 1.165) is 30.8 Å². The van der Waals surface area contributed by atoms with Gasteiger partial charge in [0.05, 0.1) is 0 Å². The van der Waals surface area contributed by atoms with E-state index in [1.807, 2.05) is 4.68 Å². The molecule has 3 rings (SSSR count). The van der Waals surface area contributed by atoms with E-state index in [2.05, 4.69) is 10.1 Å². The Labute approximate surface area is 98.3 Å². The zero-order valence-electron chi connectivity index (χ0n) is 9.31. The first-order chi connectivity index (χ1) is 8.24. The van der Waals surface area contributed by atoms with E-state index < -0.39 is 0 Å². The van der Waals surface area contributed by atoms with Crippen molar-refractivity contribution < 1.29 is 4.39 Å². The average molecular weight is 232 g/mol. The topological polar surface area (TPSA) is 56.7 Å². The fourth-order valence-electron chi connectivity index (χ4n) is 2.38. The van der Waals surface area contributed by atoms with Crippen molar-refractivity contribution in [3.05, 3.63) is 41.5 Å². The predicted octanol–water partition coefficient (Wildman–Crippen LogP) is 1.93. The second kappa shape index (κ2) is 3.84. The monoisotopic (exact) mass is 232 g/mol. The third-order valence-electron chi connectivity index (χ3n) is 3.16. The van der Waals surface area contributed by atoms with E-state index in [4.69, 9.17) is 5.73 Å². The van der Waals surface area contributed by atoms with Crippen LogP contribution in [0.1, 0.15) is 30.1 Å². The molecule has 88 valence electrons. The first-order valence-electron chi connectivity index (χ1n) is 5.70. The number of hydrogen-bond acceptors (Lipinski definition) is 3. The molecule has 1 aliphatic rings. The van der Waals surface area contributed by atoms with Gasteiger partial charge in [-0.3, -0.25) is 0 Å². The molecule has 1 atom stereocenters. The van der Waals surface area contributed by atoms with Crippen LogP contribution in [0.2, 0.25) is 0 Å². The van der Waals surface area contributed by atoms with Crippen LogP contribution in [0.25, 0.3) is 0 Å². The Morgan fingerprint density at radius 3 is 2.82 bits per heavy atom. The number of nitrogens with zero attached hydrogens (tertiary/aromatic N) is 3. The molecule has 2 heterocycles. The minimum absolute atomic E-state index is 0.175. The Hall–Kier alpha value is -1.91. The summed E-state index contributed by atoms with van der Waals surface area (Å²) in [6.07, 6.45) is 2.04. The Kier molecular flexibility index (Phi) is 2.31. The number of anilines is 1. The van der Waals surface area contributed by atoms with Gasteiger partial charge in [-0.15, -0.1) is 5.10 Å². The number of aromatic nitrogens is 3. The molecule has 0 amide bonds. The van der Waals surface area contributed by atoms with E-state index in [1.165, 1.54) is 12.1 Å². The van der Waals surface area contributed by atoms with Crippen molar-refractivity contribution >= 4 is 5.95 Å². The molecule has 1 aromatic carbocycles. The molecule has 2 N–H and O–H groups in total. The lowest BCUT2D eigenvalue weighted by Gasteiger charge is -2.22. The number of fused-ring (bicyclic) bond motifs is 1. The maximum Gasteiger partial charge on any atom is 0.239 e. The van der Waals surface area contributed by atoms with Gasteiger partial charge in [0, 0.05) is 12.5 Å². The van der Waals surface area contributed by atoms with Gasteiger partial charge in [-0.05, 0) is 30.5 Å². The summed E-state index contributed by atoms with van der Waals surface area (Å²) >= 11 is 0. The summed E-state index contributed by atoms with van der Waals surface area (Å²) in [6.45, 7) is 0.858. The summed E-state index contributed by atoms with van der Waals surface area (Å²) in [7, 11) is 0. The van der Waals surface area contributed by atoms with Crippen LogP contribution in [0.5, 0.6) is 0 Å². The molecule has 17 heavy (non-hydrogen) atoms. The quantitative estimate of drug-likeness (QED) is 0.817. The second-order valence-electron chi connectivity index (χ2n) is 4.30. The third-order valence-corrected chi connectivity index (χ3v) is 3.16. The standard InChI is InChI=1S/C12H13FN4/c13-9-5-3-8(4-6-9)10-2-1-7-17-11(10)15-12(14)16-17/h3-6,10H,1-2,7H2,(H2,14,16). The molecular weight excluding hydrogens is 219 g/mol. The highest BCUT2D eigenvalue weighted by Gasteiger charge is 2.25. The molecule has 1 aliphatic heterocycles. The molecule has 0 bridgehead atoms. The first kappa shape index (κ1) is 10.3. The Bertz CT molecular complexity index is 532. The molecule has 1 aromatic heterocycles. The largest absolute Gasteiger partial charge is 0.366 e. The SMILES string of the molecule is Nc1nc2n(n1)CCCC2c1ccc(F)cc1. The first-order valence-corrected chi connectivity index (χ1v) is 5.70. The summed E-state index contributed by atoms with van der Waals surface area (Å²) < 4.78 is 14.8. The lowest BCUT2D eigenvalue weighted by molar-refractivity contribution is 0.446. The van der Waals surface area contributed by atoms with E-state index in [1.54, 1.807) is 12.1 Å². The minimum Gasteiger partial charge on any atom is -0.366 e. The zero-order chi connectivity index (χ0) is 11.8. The smallest absolute Gasteiger partial charge is 0.239 e. The molecule has 1 unspecified atom stereocenters. The van der Waals surface area contributed by atoms with E-state index in [-0.39, 0.29) is 11.7 Å². The van der Waals surface area contributed by atoms with Gasteiger partial charge in [0.15, 0.2) is 0 Å². The van der Waals surface area contributed by atoms with Crippen LogP contribution in [-0.4, -0.2) is 14.8 Å². The van der Waals surface area contributed by atoms with E-state index in [9.17, 15) is 4.39 Å². The number of nitrogens with two attached hydrogens (primary N) is 1. The van der Waals surface area contributed by atoms with Crippen LogP contribution < -0.4 is 5.73 Å². The van der Waals surface area contributed by atoms with Crippen molar-refractivity contribution in [2.75, 3.05) is 5.73 Å². The van der Waals surface area contributed by atoms with Crippen LogP contribution in [0, 0.1) is 5.82 Å². The summed E-state index contributed by atoms with van der Waals surface area (Å²) in [6, 6.07) is 6.57. The number of benzene rings is 1.